The Bertz CT molecular complexity index is 525. The summed E-state index contributed by atoms with van der Waals surface area (Å²) in [6.45, 7) is 1.81. The van der Waals surface area contributed by atoms with E-state index in [9.17, 15) is 8.78 Å². The maximum Gasteiger partial charge on any atom is 0.250 e. The molecule has 1 heterocycles. The number of hydrogen-bond acceptors (Lipinski definition) is 4. The number of rotatable bonds is 2. The zero-order valence-corrected chi connectivity index (χ0v) is 8.50. The van der Waals surface area contributed by atoms with Crippen molar-refractivity contribution in [3.63, 3.8) is 0 Å². The van der Waals surface area contributed by atoms with E-state index in [0.29, 0.717) is 12.3 Å². The Hall–Kier alpha value is -1.98. The van der Waals surface area contributed by atoms with Crippen molar-refractivity contribution in [3.8, 4) is 11.5 Å². The van der Waals surface area contributed by atoms with Crippen LogP contribution in [0.3, 0.4) is 0 Å². The van der Waals surface area contributed by atoms with E-state index in [1.165, 1.54) is 0 Å². The van der Waals surface area contributed by atoms with Gasteiger partial charge in [-0.25, -0.2) is 8.78 Å². The molecule has 0 aliphatic heterocycles. The Morgan fingerprint density at radius 3 is 2.69 bits per heavy atom. The third kappa shape index (κ3) is 1.73. The second kappa shape index (κ2) is 3.88. The molecule has 4 nitrogen and oxygen atoms in total. The zero-order chi connectivity index (χ0) is 11.7. The molecule has 0 amide bonds. The summed E-state index contributed by atoms with van der Waals surface area (Å²) < 4.78 is 31.7. The normalized spacial score (nSPS) is 10.7. The second-order valence-corrected chi connectivity index (χ2v) is 3.21. The zero-order valence-electron chi connectivity index (χ0n) is 8.50. The van der Waals surface area contributed by atoms with Crippen LogP contribution in [0.5, 0.6) is 0 Å². The highest BCUT2D eigenvalue weighted by Gasteiger charge is 2.16. The molecule has 2 rings (SSSR count). The van der Waals surface area contributed by atoms with E-state index < -0.39 is 11.6 Å². The molecule has 0 aliphatic carbocycles. The number of aryl methyl sites for hydroxylation is 1. The molecular weight excluding hydrogens is 216 g/mol. The maximum atomic E-state index is 13.6. The van der Waals surface area contributed by atoms with Gasteiger partial charge in [0.25, 0.3) is 5.89 Å². The number of halogens is 2. The first-order chi connectivity index (χ1) is 7.61. The number of nitrogen functional groups attached to an aromatic ring is 1. The molecule has 2 N–H and O–H groups in total. The molecule has 1 aromatic carbocycles. The lowest BCUT2D eigenvalue weighted by Crippen LogP contribution is -1.95. The fourth-order valence-electron chi connectivity index (χ4n) is 1.27. The topological polar surface area (TPSA) is 64.9 Å². The molecule has 2 aromatic rings. The highest BCUT2D eigenvalue weighted by atomic mass is 19.1. The van der Waals surface area contributed by atoms with E-state index in [2.05, 4.69) is 10.2 Å². The minimum absolute atomic E-state index is 0.0689. The Morgan fingerprint density at radius 1 is 1.31 bits per heavy atom. The highest BCUT2D eigenvalue weighted by molar-refractivity contribution is 5.61. The van der Waals surface area contributed by atoms with Gasteiger partial charge >= 0.3 is 0 Å². The van der Waals surface area contributed by atoms with Gasteiger partial charge in [0, 0.05) is 6.42 Å². The van der Waals surface area contributed by atoms with Gasteiger partial charge in [0.2, 0.25) is 5.89 Å². The van der Waals surface area contributed by atoms with Crippen molar-refractivity contribution in [1.82, 2.24) is 10.2 Å². The molecule has 0 radical (unpaired) electrons. The lowest BCUT2D eigenvalue weighted by atomic mass is 10.2. The van der Waals surface area contributed by atoms with Gasteiger partial charge in [0.1, 0.15) is 5.82 Å². The van der Waals surface area contributed by atoms with E-state index >= 15 is 0 Å². The molecular formula is C10H9F2N3O. The number of aromatic nitrogens is 2. The summed E-state index contributed by atoms with van der Waals surface area (Å²) >= 11 is 0. The minimum atomic E-state index is -0.757. The summed E-state index contributed by atoms with van der Waals surface area (Å²) in [6, 6.07) is 1.87. The van der Waals surface area contributed by atoms with Gasteiger partial charge in [-0.2, -0.15) is 0 Å². The standard InChI is InChI=1S/C10H9F2N3O/c1-2-8-14-15-10(16-8)6-3-5(11)4-7(13)9(6)12/h3-4H,2,13H2,1H3. The molecule has 0 saturated heterocycles. The summed E-state index contributed by atoms with van der Waals surface area (Å²) in [6.07, 6.45) is 0.527. The number of anilines is 1. The highest BCUT2D eigenvalue weighted by Crippen LogP contribution is 2.26. The maximum absolute atomic E-state index is 13.6. The molecule has 6 heteroatoms. The molecule has 0 bridgehead atoms. The summed E-state index contributed by atoms with van der Waals surface area (Å²) in [5, 5.41) is 7.29. The quantitative estimate of drug-likeness (QED) is 0.795. The van der Waals surface area contributed by atoms with E-state index in [0.717, 1.165) is 12.1 Å². The van der Waals surface area contributed by atoms with Crippen LogP contribution in [-0.4, -0.2) is 10.2 Å². The second-order valence-electron chi connectivity index (χ2n) is 3.21. The van der Waals surface area contributed by atoms with Crippen LogP contribution < -0.4 is 5.73 Å². The number of nitrogens with two attached hydrogens (primary N) is 1. The third-order valence-electron chi connectivity index (χ3n) is 2.07. The van der Waals surface area contributed by atoms with E-state index in [1.54, 1.807) is 0 Å². The Morgan fingerprint density at radius 2 is 2.06 bits per heavy atom. The number of benzene rings is 1. The van der Waals surface area contributed by atoms with E-state index in [1.807, 2.05) is 6.92 Å². The molecule has 0 fully saturated rings. The van der Waals surface area contributed by atoms with E-state index in [-0.39, 0.29) is 17.1 Å². The van der Waals surface area contributed by atoms with Crippen LogP contribution in [0.25, 0.3) is 11.5 Å². The molecule has 1 aromatic heterocycles. The van der Waals surface area contributed by atoms with Gasteiger partial charge in [0.05, 0.1) is 11.3 Å². The average molecular weight is 225 g/mol. The van der Waals surface area contributed by atoms with Crippen LogP contribution in [0.1, 0.15) is 12.8 Å². The van der Waals surface area contributed by atoms with Gasteiger partial charge in [0.15, 0.2) is 5.82 Å². The molecule has 84 valence electrons. The van der Waals surface area contributed by atoms with Crippen molar-refractivity contribution in [2.45, 2.75) is 13.3 Å². The molecule has 0 spiro atoms. The third-order valence-corrected chi connectivity index (χ3v) is 2.07. The predicted molar refractivity (Wildman–Crippen MR) is 53.4 cm³/mol. The SMILES string of the molecule is CCc1nnc(-c2cc(F)cc(N)c2F)o1. The van der Waals surface area contributed by atoms with Crippen LogP contribution >= 0.6 is 0 Å². The Balaban J connectivity index is 2.54. The lowest BCUT2D eigenvalue weighted by Gasteiger charge is -2.01. The smallest absolute Gasteiger partial charge is 0.250 e. The monoisotopic (exact) mass is 225 g/mol. The van der Waals surface area contributed by atoms with Crippen molar-refractivity contribution >= 4 is 5.69 Å². The van der Waals surface area contributed by atoms with Crippen molar-refractivity contribution in [2.75, 3.05) is 5.73 Å². The van der Waals surface area contributed by atoms with E-state index in [4.69, 9.17) is 10.2 Å². The number of hydrogen-bond donors (Lipinski definition) is 1. The summed E-state index contributed by atoms with van der Waals surface area (Å²) in [5.74, 6) is -1.12. The average Bonchev–Trinajstić information content (AvgIpc) is 2.71. The van der Waals surface area contributed by atoms with Crippen LogP contribution in [0.2, 0.25) is 0 Å². The molecule has 16 heavy (non-hydrogen) atoms. The van der Waals surface area contributed by atoms with Gasteiger partial charge in [-0.1, -0.05) is 6.92 Å². The fraction of sp³-hybridized carbons (Fsp3) is 0.200. The Labute approximate surface area is 90.1 Å². The first-order valence-electron chi connectivity index (χ1n) is 4.69. The van der Waals surface area contributed by atoms with Gasteiger partial charge in [-0.05, 0) is 12.1 Å². The lowest BCUT2D eigenvalue weighted by molar-refractivity contribution is 0.507. The fourth-order valence-corrected chi connectivity index (χ4v) is 1.27. The van der Waals surface area contributed by atoms with Gasteiger partial charge in [-0.3, -0.25) is 0 Å². The Kier molecular flexibility index (Phi) is 2.55. The molecule has 0 atom stereocenters. The summed E-state index contributed by atoms with van der Waals surface area (Å²) in [5.41, 5.74) is 4.89. The predicted octanol–water partition coefficient (Wildman–Crippen LogP) is 2.16. The van der Waals surface area contributed by atoms with Crippen LogP contribution in [0.15, 0.2) is 16.5 Å². The molecule has 0 unspecified atom stereocenters. The van der Waals surface area contributed by atoms with Crippen molar-refractivity contribution in [3.05, 3.63) is 29.7 Å². The van der Waals surface area contributed by atoms with Crippen molar-refractivity contribution < 1.29 is 13.2 Å². The molecule has 0 aliphatic rings. The summed E-state index contributed by atoms with van der Waals surface area (Å²) in [4.78, 5) is 0. The first kappa shape index (κ1) is 10.5. The van der Waals surface area contributed by atoms with Gasteiger partial charge in [-0.15, -0.1) is 10.2 Å². The van der Waals surface area contributed by atoms with Crippen LogP contribution in [0.4, 0.5) is 14.5 Å². The summed E-state index contributed by atoms with van der Waals surface area (Å²) in [7, 11) is 0. The first-order valence-corrected chi connectivity index (χ1v) is 4.69. The largest absolute Gasteiger partial charge is 0.421 e. The van der Waals surface area contributed by atoms with Crippen LogP contribution in [-0.2, 0) is 6.42 Å². The minimum Gasteiger partial charge on any atom is -0.421 e. The van der Waals surface area contributed by atoms with Crippen molar-refractivity contribution in [2.24, 2.45) is 0 Å². The molecule has 0 saturated carbocycles. The number of nitrogens with zero attached hydrogens (tertiary/aromatic N) is 2. The van der Waals surface area contributed by atoms with Gasteiger partial charge < -0.3 is 10.2 Å². The van der Waals surface area contributed by atoms with Crippen LogP contribution in [0, 0.1) is 11.6 Å². The van der Waals surface area contributed by atoms with Crippen molar-refractivity contribution in [1.29, 1.82) is 0 Å².